The average molecular weight is 278 g/mol. The molecule has 0 spiro atoms. The maximum Gasteiger partial charge on any atom is 0.340 e. The summed E-state index contributed by atoms with van der Waals surface area (Å²) >= 11 is 0. The second kappa shape index (κ2) is 6.61. The van der Waals surface area contributed by atoms with Gasteiger partial charge in [0.1, 0.15) is 0 Å². The first-order valence-electron chi connectivity index (χ1n) is 7.05. The lowest BCUT2D eigenvalue weighted by Gasteiger charge is -2.29. The van der Waals surface area contributed by atoms with Crippen LogP contribution in [0.15, 0.2) is 18.2 Å². The smallest absolute Gasteiger partial charge is 0.340 e. The number of hydrogen-bond acceptors (Lipinski definition) is 5. The molecule has 5 nitrogen and oxygen atoms in total. The van der Waals surface area contributed by atoms with Gasteiger partial charge in [0.25, 0.3) is 0 Å². The van der Waals surface area contributed by atoms with Gasteiger partial charge in [-0.2, -0.15) is 0 Å². The molecule has 1 aromatic carbocycles. The predicted molar refractivity (Wildman–Crippen MR) is 78.9 cm³/mol. The van der Waals surface area contributed by atoms with Crippen molar-refractivity contribution in [1.29, 1.82) is 0 Å². The minimum atomic E-state index is -0.345. The summed E-state index contributed by atoms with van der Waals surface area (Å²) in [6, 6.07) is 5.55. The molecule has 5 heteroatoms. The first kappa shape index (κ1) is 14.7. The molecule has 1 heterocycles. The third-order valence-electron chi connectivity index (χ3n) is 3.43. The van der Waals surface area contributed by atoms with Crippen molar-refractivity contribution in [3.8, 4) is 0 Å². The van der Waals surface area contributed by atoms with Crippen molar-refractivity contribution in [2.75, 3.05) is 24.3 Å². The molecular formula is C15H22N2O3. The Labute approximate surface area is 119 Å². The Hall–Kier alpha value is -1.75. The van der Waals surface area contributed by atoms with Crippen LogP contribution >= 0.6 is 0 Å². The molecule has 0 radical (unpaired) electrons. The number of ether oxygens (including phenoxy) is 2. The maximum atomic E-state index is 12.0. The Balaban J connectivity index is 2.19. The normalized spacial score (nSPS) is 22.3. The molecule has 1 fully saturated rings. The zero-order chi connectivity index (χ0) is 14.5. The fourth-order valence-electron chi connectivity index (χ4n) is 2.44. The molecule has 0 saturated carbocycles. The standard InChI is InChI=1S/C15H22N2O3/c1-3-19-15(18)12-5-4-6-13(16)14(12)17-11-7-8-20-10(2)9-11/h4-6,10-11,17H,3,7-9,16H2,1-2H3. The highest BCUT2D eigenvalue weighted by Crippen LogP contribution is 2.27. The Bertz CT molecular complexity index is 476. The first-order chi connectivity index (χ1) is 9.61. The molecule has 0 aromatic heterocycles. The van der Waals surface area contributed by atoms with E-state index in [9.17, 15) is 4.79 Å². The van der Waals surface area contributed by atoms with E-state index in [2.05, 4.69) is 12.2 Å². The first-order valence-corrected chi connectivity index (χ1v) is 7.05. The van der Waals surface area contributed by atoms with E-state index in [4.69, 9.17) is 15.2 Å². The quantitative estimate of drug-likeness (QED) is 0.653. The highest BCUT2D eigenvalue weighted by Gasteiger charge is 2.22. The van der Waals surface area contributed by atoms with Crippen LogP contribution < -0.4 is 11.1 Å². The molecule has 1 aromatic rings. The Morgan fingerprint density at radius 2 is 2.35 bits per heavy atom. The van der Waals surface area contributed by atoms with Gasteiger partial charge in [0.05, 0.1) is 29.6 Å². The SMILES string of the molecule is CCOC(=O)c1cccc(N)c1NC1CCOC(C)C1. The molecule has 20 heavy (non-hydrogen) atoms. The van der Waals surface area contributed by atoms with Crippen LogP contribution in [0.1, 0.15) is 37.0 Å². The molecule has 1 aliphatic rings. The summed E-state index contributed by atoms with van der Waals surface area (Å²) in [7, 11) is 0. The number of carbonyl (C=O) groups is 1. The minimum Gasteiger partial charge on any atom is -0.462 e. The van der Waals surface area contributed by atoms with Crippen molar-refractivity contribution in [3.63, 3.8) is 0 Å². The van der Waals surface area contributed by atoms with E-state index in [-0.39, 0.29) is 18.1 Å². The lowest BCUT2D eigenvalue weighted by molar-refractivity contribution is 0.0232. The number of benzene rings is 1. The molecule has 1 saturated heterocycles. The van der Waals surface area contributed by atoms with Crippen LogP contribution in [0.5, 0.6) is 0 Å². The number of nitrogens with one attached hydrogen (secondary N) is 1. The lowest BCUT2D eigenvalue weighted by Crippen LogP contribution is -2.33. The van der Waals surface area contributed by atoms with Crippen LogP contribution in [0.3, 0.4) is 0 Å². The van der Waals surface area contributed by atoms with Crippen LogP contribution in [0, 0.1) is 0 Å². The second-order valence-corrected chi connectivity index (χ2v) is 5.04. The predicted octanol–water partition coefficient (Wildman–Crippen LogP) is 2.42. The highest BCUT2D eigenvalue weighted by molar-refractivity contribution is 5.98. The zero-order valence-electron chi connectivity index (χ0n) is 12.0. The van der Waals surface area contributed by atoms with Crippen LogP contribution in [0.2, 0.25) is 0 Å². The van der Waals surface area contributed by atoms with Crippen LogP contribution in [0.25, 0.3) is 0 Å². The molecule has 0 bridgehead atoms. The van der Waals surface area contributed by atoms with Crippen LogP contribution in [0.4, 0.5) is 11.4 Å². The summed E-state index contributed by atoms with van der Waals surface area (Å²) in [5.74, 6) is -0.345. The van der Waals surface area contributed by atoms with Crippen LogP contribution in [-0.4, -0.2) is 31.3 Å². The fraction of sp³-hybridized carbons (Fsp3) is 0.533. The number of carbonyl (C=O) groups excluding carboxylic acids is 1. The third-order valence-corrected chi connectivity index (χ3v) is 3.43. The van der Waals surface area contributed by atoms with E-state index in [1.165, 1.54) is 0 Å². The second-order valence-electron chi connectivity index (χ2n) is 5.04. The number of esters is 1. The molecule has 0 amide bonds. The van der Waals surface area contributed by atoms with Gasteiger partial charge in [-0.15, -0.1) is 0 Å². The van der Waals surface area contributed by atoms with Crippen molar-refractivity contribution < 1.29 is 14.3 Å². The minimum absolute atomic E-state index is 0.220. The molecule has 2 atom stereocenters. The molecule has 110 valence electrons. The Kier molecular flexibility index (Phi) is 4.84. The van der Waals surface area contributed by atoms with Crippen molar-refractivity contribution in [2.24, 2.45) is 0 Å². The van der Waals surface area contributed by atoms with E-state index >= 15 is 0 Å². The molecule has 0 aliphatic carbocycles. The van der Waals surface area contributed by atoms with Gasteiger partial charge in [0, 0.05) is 12.6 Å². The molecule has 3 N–H and O–H groups in total. The summed E-state index contributed by atoms with van der Waals surface area (Å²) in [5, 5.41) is 3.38. The van der Waals surface area contributed by atoms with Crippen molar-refractivity contribution >= 4 is 17.3 Å². The van der Waals surface area contributed by atoms with E-state index < -0.39 is 0 Å². The van der Waals surface area contributed by atoms with Gasteiger partial charge in [-0.1, -0.05) is 6.07 Å². The summed E-state index contributed by atoms with van der Waals surface area (Å²) in [6.07, 6.45) is 2.02. The van der Waals surface area contributed by atoms with Crippen LogP contribution in [-0.2, 0) is 9.47 Å². The van der Waals surface area contributed by atoms with Gasteiger partial charge in [0.2, 0.25) is 0 Å². The van der Waals surface area contributed by atoms with Gasteiger partial charge in [-0.3, -0.25) is 0 Å². The summed E-state index contributed by atoms with van der Waals surface area (Å²) in [6.45, 7) is 4.91. The summed E-state index contributed by atoms with van der Waals surface area (Å²) in [5.41, 5.74) is 7.73. The number of nitrogen functional groups attached to an aromatic ring is 1. The van der Waals surface area contributed by atoms with Crippen molar-refractivity contribution in [2.45, 2.75) is 38.8 Å². The van der Waals surface area contributed by atoms with Gasteiger partial charge in [-0.25, -0.2) is 4.79 Å². The third kappa shape index (κ3) is 3.42. The van der Waals surface area contributed by atoms with Crippen molar-refractivity contribution in [1.82, 2.24) is 0 Å². The molecule has 2 unspecified atom stereocenters. The Morgan fingerprint density at radius 3 is 3.05 bits per heavy atom. The fourth-order valence-corrected chi connectivity index (χ4v) is 2.44. The summed E-state index contributed by atoms with van der Waals surface area (Å²) in [4.78, 5) is 12.0. The monoisotopic (exact) mass is 278 g/mol. The zero-order valence-corrected chi connectivity index (χ0v) is 12.0. The number of nitrogens with two attached hydrogens (primary N) is 1. The molecular weight excluding hydrogens is 256 g/mol. The number of hydrogen-bond donors (Lipinski definition) is 2. The average Bonchev–Trinajstić information content (AvgIpc) is 2.41. The largest absolute Gasteiger partial charge is 0.462 e. The van der Waals surface area contributed by atoms with E-state index in [1.807, 2.05) is 0 Å². The number of rotatable bonds is 4. The van der Waals surface area contributed by atoms with E-state index in [0.29, 0.717) is 23.5 Å². The lowest BCUT2D eigenvalue weighted by atomic mass is 10.0. The maximum absolute atomic E-state index is 12.0. The van der Waals surface area contributed by atoms with Crippen molar-refractivity contribution in [3.05, 3.63) is 23.8 Å². The van der Waals surface area contributed by atoms with Gasteiger partial charge in [0.15, 0.2) is 0 Å². The highest BCUT2D eigenvalue weighted by atomic mass is 16.5. The molecule has 2 rings (SSSR count). The topological polar surface area (TPSA) is 73.6 Å². The summed E-state index contributed by atoms with van der Waals surface area (Å²) < 4.78 is 10.6. The van der Waals surface area contributed by atoms with E-state index in [0.717, 1.165) is 19.4 Å². The Morgan fingerprint density at radius 1 is 1.55 bits per heavy atom. The number of para-hydroxylation sites is 1. The van der Waals surface area contributed by atoms with Gasteiger partial charge < -0.3 is 20.5 Å². The number of anilines is 2. The van der Waals surface area contributed by atoms with Gasteiger partial charge >= 0.3 is 5.97 Å². The molecule has 1 aliphatic heterocycles. The van der Waals surface area contributed by atoms with E-state index in [1.54, 1.807) is 25.1 Å². The van der Waals surface area contributed by atoms with Gasteiger partial charge in [-0.05, 0) is 38.8 Å².